The lowest BCUT2D eigenvalue weighted by Gasteiger charge is -2.62. The van der Waals surface area contributed by atoms with Crippen molar-refractivity contribution in [2.45, 2.75) is 83.7 Å². The molecule has 1 aromatic rings. The summed E-state index contributed by atoms with van der Waals surface area (Å²) in [4.78, 5) is 36.8. The van der Waals surface area contributed by atoms with Crippen LogP contribution in [-0.4, -0.2) is 59.4 Å². The van der Waals surface area contributed by atoms with E-state index in [1.807, 2.05) is 13.8 Å². The van der Waals surface area contributed by atoms with Gasteiger partial charge in [0.15, 0.2) is 17.2 Å². The van der Waals surface area contributed by atoms with Crippen molar-refractivity contribution in [3.05, 3.63) is 53.1 Å². The Morgan fingerprint density at radius 1 is 1.16 bits per heavy atom. The van der Waals surface area contributed by atoms with E-state index < -0.39 is 46.6 Å². The molecule has 1 unspecified atom stereocenters. The highest BCUT2D eigenvalue weighted by atomic mass is 35.5. The van der Waals surface area contributed by atoms with E-state index in [-0.39, 0.29) is 48.9 Å². The Morgan fingerprint density at radius 2 is 1.84 bits per heavy atom. The number of alkyl halides is 2. The van der Waals surface area contributed by atoms with Crippen LogP contribution in [0.5, 0.6) is 0 Å². The van der Waals surface area contributed by atoms with Crippen LogP contribution in [-0.2, 0) is 19.1 Å². The number of esters is 1. The van der Waals surface area contributed by atoms with Crippen LogP contribution < -0.4 is 5.06 Å². The van der Waals surface area contributed by atoms with E-state index in [1.165, 1.54) is 18.2 Å². The molecule has 0 bridgehead atoms. The van der Waals surface area contributed by atoms with Crippen LogP contribution in [0.4, 0.5) is 14.5 Å². The molecule has 0 spiro atoms. The second-order valence-electron chi connectivity index (χ2n) is 12.8. The number of halogens is 3. The van der Waals surface area contributed by atoms with Crippen molar-refractivity contribution in [3.63, 3.8) is 0 Å². The van der Waals surface area contributed by atoms with E-state index in [4.69, 9.17) is 21.5 Å². The van der Waals surface area contributed by atoms with Gasteiger partial charge in [0.05, 0.1) is 11.8 Å². The van der Waals surface area contributed by atoms with Gasteiger partial charge in [-0.1, -0.05) is 37.9 Å². The summed E-state index contributed by atoms with van der Waals surface area (Å²) in [5.41, 5.74) is -3.43. The second kappa shape index (κ2) is 12.8. The van der Waals surface area contributed by atoms with Crippen LogP contribution in [0.15, 0.2) is 48.1 Å². The summed E-state index contributed by atoms with van der Waals surface area (Å²) in [6.45, 7) is 5.10. The number of carbonyl (C=O) groups excluding carboxylic acids is 3. The molecule has 0 aliphatic heterocycles. The molecular weight excluding hydrogens is 580 g/mol. The van der Waals surface area contributed by atoms with E-state index in [0.717, 1.165) is 17.2 Å². The predicted octanol–water partition coefficient (Wildman–Crippen LogP) is 6.39. The molecule has 2 N–H and O–H groups in total. The smallest absolute Gasteiger partial charge is 0.306 e. The number of hydrogen-bond acceptors (Lipinski definition) is 7. The Morgan fingerprint density at radius 3 is 2.47 bits per heavy atom. The Balaban J connectivity index is 0.000000359. The monoisotopic (exact) mass is 621 g/mol. The van der Waals surface area contributed by atoms with Crippen LogP contribution in [0.1, 0.15) is 65.7 Å². The van der Waals surface area contributed by atoms with Crippen molar-refractivity contribution in [1.82, 2.24) is 0 Å². The van der Waals surface area contributed by atoms with Crippen LogP contribution in [0.2, 0.25) is 5.02 Å². The number of ketones is 2. The number of fused-ring (bicyclic) bond motifs is 5. The van der Waals surface area contributed by atoms with Gasteiger partial charge in [0, 0.05) is 35.7 Å². The van der Waals surface area contributed by atoms with Crippen LogP contribution in [0.3, 0.4) is 0 Å². The topological polar surface area (TPSA) is 104 Å². The minimum atomic E-state index is -2.13. The van der Waals surface area contributed by atoms with Gasteiger partial charge in [-0.2, -0.15) is 0 Å². The fraction of sp³-hybridized carbons (Fsp3) is 0.606. The molecule has 7 nitrogen and oxygen atoms in total. The molecule has 236 valence electrons. The van der Waals surface area contributed by atoms with Gasteiger partial charge < -0.3 is 9.84 Å². The summed E-state index contributed by atoms with van der Waals surface area (Å²) in [5.74, 6) is -2.56. The first kappa shape index (κ1) is 33.3. The molecule has 0 radical (unpaired) electrons. The van der Waals surface area contributed by atoms with E-state index in [1.54, 1.807) is 38.2 Å². The molecule has 4 aliphatic rings. The predicted molar refractivity (Wildman–Crippen MR) is 159 cm³/mol. The van der Waals surface area contributed by atoms with Gasteiger partial charge in [0.1, 0.15) is 12.8 Å². The Kier molecular flexibility index (Phi) is 9.89. The standard InChI is InChI=1S/C26H34F2O5.C7H8ClNO/c1-4-5-6-23(32)33-14-21(30)17-8-7-16-18-12-20(27)19-11-15(29)9-10-25(19,3)26(18,28)22(31)13-24(16,17)2;1-9(10)7-4-2-6(8)3-5-7/h9-11,16-18,20,22,31H,4-8,12-14H2,1-3H3;2-5,10H,1H3/t16?,17-,18+,20+,22+,24+,25+,26+;/m1./s1. The van der Waals surface area contributed by atoms with Gasteiger partial charge in [-0.15, -0.1) is 0 Å². The van der Waals surface area contributed by atoms with Gasteiger partial charge in [0.25, 0.3) is 0 Å². The van der Waals surface area contributed by atoms with Gasteiger partial charge >= 0.3 is 5.97 Å². The minimum Gasteiger partial charge on any atom is -0.458 e. The number of nitrogens with zero attached hydrogens (tertiary/aromatic N) is 1. The first-order valence-corrected chi connectivity index (χ1v) is 15.4. The lowest BCUT2D eigenvalue weighted by molar-refractivity contribution is -0.202. The average Bonchev–Trinajstić information content (AvgIpc) is 3.30. The van der Waals surface area contributed by atoms with Crippen molar-refractivity contribution in [3.8, 4) is 0 Å². The third kappa shape index (κ3) is 6.05. The molecule has 8 atom stereocenters. The number of Topliss-reactive ketones (excluding diaryl/α,β-unsaturated/α-hetero) is 1. The first-order valence-electron chi connectivity index (χ1n) is 15.0. The Labute approximate surface area is 256 Å². The van der Waals surface area contributed by atoms with E-state index in [2.05, 4.69) is 0 Å². The number of anilines is 1. The summed E-state index contributed by atoms with van der Waals surface area (Å²) < 4.78 is 37.5. The SMILES string of the molecule is CCCCC(=O)OCC(=O)[C@H]1CCC2[C@@H]3C[C@H](F)C4=CC(=O)C=C[C@]4(C)[C@@]3(F)[C@@H](O)C[C@@]21C.CN(O)c1ccc(Cl)cc1. The molecule has 3 saturated carbocycles. The highest BCUT2D eigenvalue weighted by molar-refractivity contribution is 6.30. The van der Waals surface area contributed by atoms with Gasteiger partial charge in [-0.05, 0) is 92.4 Å². The number of hydroxylamine groups is 1. The molecular formula is C33H42ClF2NO6. The zero-order valence-corrected chi connectivity index (χ0v) is 25.9. The maximum absolute atomic E-state index is 17.0. The first-order chi connectivity index (χ1) is 20.2. The van der Waals surface area contributed by atoms with Crippen molar-refractivity contribution in [1.29, 1.82) is 0 Å². The second-order valence-corrected chi connectivity index (χ2v) is 13.2. The molecule has 10 heteroatoms. The lowest BCUT2D eigenvalue weighted by Crippen LogP contribution is -2.68. The van der Waals surface area contributed by atoms with Crippen molar-refractivity contribution in [2.24, 2.45) is 28.6 Å². The number of aliphatic hydroxyl groups excluding tert-OH is 1. The van der Waals surface area contributed by atoms with Gasteiger partial charge in [-0.25, -0.2) is 8.78 Å². The van der Waals surface area contributed by atoms with Crippen LogP contribution in [0.25, 0.3) is 0 Å². The number of carbonyl (C=O) groups is 3. The Hall–Kier alpha value is -2.62. The molecule has 4 aliphatic carbocycles. The molecule has 0 saturated heterocycles. The molecule has 1 aromatic carbocycles. The number of ether oxygens (including phenoxy) is 1. The number of aliphatic hydroxyl groups is 1. The molecule has 43 heavy (non-hydrogen) atoms. The summed E-state index contributed by atoms with van der Waals surface area (Å²) in [6, 6.07) is 6.93. The Bertz CT molecular complexity index is 1280. The average molecular weight is 622 g/mol. The van der Waals surface area contributed by atoms with Crippen molar-refractivity contribution in [2.75, 3.05) is 18.7 Å². The number of unbranched alkanes of at least 4 members (excludes halogenated alkanes) is 1. The molecule has 0 amide bonds. The molecule has 5 rings (SSSR count). The number of allylic oxidation sites excluding steroid dienone is 4. The lowest BCUT2D eigenvalue weighted by atomic mass is 9.45. The maximum atomic E-state index is 17.0. The van der Waals surface area contributed by atoms with Crippen molar-refractivity contribution >= 4 is 34.8 Å². The van der Waals surface area contributed by atoms with Gasteiger partial charge in [-0.3, -0.25) is 24.7 Å². The molecule has 0 aromatic heterocycles. The third-order valence-electron chi connectivity index (χ3n) is 10.3. The molecule has 0 heterocycles. The number of hydrogen-bond donors (Lipinski definition) is 2. The highest BCUT2D eigenvalue weighted by Crippen LogP contribution is 2.69. The normalized spacial score (nSPS) is 35.9. The largest absolute Gasteiger partial charge is 0.458 e. The summed E-state index contributed by atoms with van der Waals surface area (Å²) in [6.07, 6.45) is 3.75. The zero-order chi connectivity index (χ0) is 31.7. The van der Waals surface area contributed by atoms with Crippen LogP contribution >= 0.6 is 11.6 Å². The fourth-order valence-corrected chi connectivity index (χ4v) is 8.16. The van der Waals surface area contributed by atoms with Crippen molar-refractivity contribution < 1.29 is 38.2 Å². The highest BCUT2D eigenvalue weighted by Gasteiger charge is 2.72. The fourth-order valence-electron chi connectivity index (χ4n) is 8.03. The third-order valence-corrected chi connectivity index (χ3v) is 10.6. The van der Waals surface area contributed by atoms with Crippen LogP contribution in [0, 0.1) is 28.6 Å². The quantitative estimate of drug-likeness (QED) is 0.269. The van der Waals surface area contributed by atoms with E-state index in [0.29, 0.717) is 24.3 Å². The number of benzene rings is 1. The van der Waals surface area contributed by atoms with E-state index in [9.17, 15) is 19.5 Å². The minimum absolute atomic E-state index is 0.0620. The summed E-state index contributed by atoms with van der Waals surface area (Å²) >= 11 is 5.62. The molecule has 3 fully saturated rings. The summed E-state index contributed by atoms with van der Waals surface area (Å²) in [7, 11) is 1.56. The summed E-state index contributed by atoms with van der Waals surface area (Å²) in [5, 5.41) is 21.8. The van der Waals surface area contributed by atoms with Gasteiger partial charge in [0.2, 0.25) is 0 Å². The van der Waals surface area contributed by atoms with E-state index >= 15 is 8.78 Å². The maximum Gasteiger partial charge on any atom is 0.306 e. The zero-order valence-electron chi connectivity index (χ0n) is 25.2. The number of rotatable bonds is 7.